The molecule has 90 valence electrons. The van der Waals surface area contributed by atoms with Gasteiger partial charge in [0.1, 0.15) is 0 Å². The average Bonchev–Trinajstić information content (AvgIpc) is 2.63. The Labute approximate surface area is 95.4 Å². The first-order valence-corrected chi connectivity index (χ1v) is 6.48. The fourth-order valence-electron chi connectivity index (χ4n) is 2.49. The number of hydrogen-bond donors (Lipinski definition) is 1. The molecule has 0 amide bonds. The van der Waals surface area contributed by atoms with Crippen LogP contribution in [0.1, 0.15) is 46.5 Å². The molecule has 1 aliphatic rings. The molecule has 0 heterocycles. The second kappa shape index (κ2) is 5.86. The van der Waals surface area contributed by atoms with Gasteiger partial charge in [-0.3, -0.25) is 0 Å². The van der Waals surface area contributed by atoms with Crippen LogP contribution in [-0.2, 0) is 0 Å². The van der Waals surface area contributed by atoms with Crippen molar-refractivity contribution in [2.45, 2.75) is 52.5 Å². The van der Waals surface area contributed by atoms with Gasteiger partial charge in [0.2, 0.25) is 0 Å². The van der Waals surface area contributed by atoms with E-state index in [1.54, 1.807) is 0 Å². The topological polar surface area (TPSA) is 15.3 Å². The molecule has 0 saturated heterocycles. The summed E-state index contributed by atoms with van der Waals surface area (Å²) in [6.07, 6.45) is 5.69. The maximum Gasteiger partial charge on any atom is 0.0166 e. The number of nitrogens with zero attached hydrogens (tertiary/aromatic N) is 1. The highest BCUT2D eigenvalue weighted by atomic mass is 15.1. The fourth-order valence-corrected chi connectivity index (χ4v) is 2.49. The van der Waals surface area contributed by atoms with Gasteiger partial charge in [-0.05, 0) is 38.8 Å². The molecule has 1 rings (SSSR count). The lowest BCUT2D eigenvalue weighted by atomic mass is 9.89. The zero-order valence-corrected chi connectivity index (χ0v) is 11.0. The molecule has 0 aromatic carbocycles. The molecule has 0 aromatic rings. The van der Waals surface area contributed by atoms with E-state index in [4.69, 9.17) is 0 Å². The molecule has 1 saturated carbocycles. The highest BCUT2D eigenvalue weighted by Crippen LogP contribution is 2.36. The molecule has 2 nitrogen and oxygen atoms in total. The van der Waals surface area contributed by atoms with Crippen LogP contribution >= 0.6 is 0 Å². The Kier molecular flexibility index (Phi) is 5.07. The van der Waals surface area contributed by atoms with Crippen LogP contribution in [0.3, 0.4) is 0 Å². The minimum atomic E-state index is 0.582. The van der Waals surface area contributed by atoms with E-state index in [-0.39, 0.29) is 0 Å². The maximum absolute atomic E-state index is 3.69. The van der Waals surface area contributed by atoms with Gasteiger partial charge in [0.25, 0.3) is 0 Å². The number of likely N-dealkylation sites (N-methyl/N-ethyl adjacent to an activating group) is 1. The summed E-state index contributed by atoms with van der Waals surface area (Å²) >= 11 is 0. The first-order chi connectivity index (χ1) is 7.06. The molecule has 0 spiro atoms. The van der Waals surface area contributed by atoms with Crippen LogP contribution in [0.25, 0.3) is 0 Å². The summed E-state index contributed by atoms with van der Waals surface area (Å²) in [4.78, 5) is 2.37. The van der Waals surface area contributed by atoms with Gasteiger partial charge >= 0.3 is 0 Å². The molecule has 0 radical (unpaired) electrons. The Bertz CT molecular complexity index is 173. The predicted octanol–water partition coefficient (Wildman–Crippen LogP) is 2.50. The van der Waals surface area contributed by atoms with Crippen molar-refractivity contribution in [3.8, 4) is 0 Å². The van der Waals surface area contributed by atoms with E-state index >= 15 is 0 Å². The van der Waals surface area contributed by atoms with Gasteiger partial charge in [-0.1, -0.05) is 26.7 Å². The Balaban J connectivity index is 2.18. The van der Waals surface area contributed by atoms with Crippen molar-refractivity contribution in [3.05, 3.63) is 0 Å². The zero-order chi connectivity index (χ0) is 11.3. The van der Waals surface area contributed by atoms with Crippen molar-refractivity contribution < 1.29 is 0 Å². The molecule has 0 aliphatic heterocycles. The van der Waals surface area contributed by atoms with Crippen molar-refractivity contribution in [3.63, 3.8) is 0 Å². The van der Waals surface area contributed by atoms with Gasteiger partial charge in [-0.15, -0.1) is 0 Å². The van der Waals surface area contributed by atoms with Crippen molar-refractivity contribution >= 4 is 0 Å². The summed E-state index contributed by atoms with van der Waals surface area (Å²) in [5, 5.41) is 3.69. The molecule has 0 aromatic heterocycles. The van der Waals surface area contributed by atoms with Crippen molar-refractivity contribution in [2.24, 2.45) is 5.41 Å². The van der Waals surface area contributed by atoms with Crippen LogP contribution in [0.15, 0.2) is 0 Å². The Hall–Kier alpha value is -0.0800. The summed E-state index contributed by atoms with van der Waals surface area (Å²) in [7, 11) is 2.19. The highest BCUT2D eigenvalue weighted by Gasteiger charge is 2.28. The molecule has 1 N–H and O–H groups in total. The molecule has 1 fully saturated rings. The van der Waals surface area contributed by atoms with Gasteiger partial charge in [0.05, 0.1) is 0 Å². The van der Waals surface area contributed by atoms with Crippen LogP contribution < -0.4 is 5.32 Å². The molecule has 1 unspecified atom stereocenters. The Morgan fingerprint density at radius 3 is 2.47 bits per heavy atom. The van der Waals surface area contributed by atoms with Gasteiger partial charge < -0.3 is 10.2 Å². The van der Waals surface area contributed by atoms with E-state index in [2.05, 4.69) is 38.0 Å². The van der Waals surface area contributed by atoms with E-state index < -0.39 is 0 Å². The molecular weight excluding hydrogens is 184 g/mol. The normalized spacial score (nSPS) is 22.2. The van der Waals surface area contributed by atoms with Crippen LogP contribution in [0.4, 0.5) is 0 Å². The fraction of sp³-hybridized carbons (Fsp3) is 1.00. The monoisotopic (exact) mass is 212 g/mol. The lowest BCUT2D eigenvalue weighted by Gasteiger charge is -2.28. The van der Waals surface area contributed by atoms with Crippen LogP contribution in [0.2, 0.25) is 0 Å². The molecule has 2 heteroatoms. The third-order valence-electron chi connectivity index (χ3n) is 3.81. The van der Waals surface area contributed by atoms with E-state index in [9.17, 15) is 0 Å². The van der Waals surface area contributed by atoms with Crippen molar-refractivity contribution in [1.82, 2.24) is 10.2 Å². The van der Waals surface area contributed by atoms with Gasteiger partial charge in [0.15, 0.2) is 0 Å². The van der Waals surface area contributed by atoms with Crippen LogP contribution in [-0.4, -0.2) is 37.6 Å². The van der Waals surface area contributed by atoms with Crippen LogP contribution in [0.5, 0.6) is 0 Å². The minimum absolute atomic E-state index is 0.582. The molecular formula is C13H28N2. The first kappa shape index (κ1) is 13.0. The third-order valence-corrected chi connectivity index (χ3v) is 3.81. The molecule has 0 bridgehead atoms. The molecule has 15 heavy (non-hydrogen) atoms. The Morgan fingerprint density at radius 2 is 1.93 bits per heavy atom. The minimum Gasteiger partial charge on any atom is -0.312 e. The Morgan fingerprint density at radius 1 is 1.33 bits per heavy atom. The largest absolute Gasteiger partial charge is 0.312 e. The van der Waals surface area contributed by atoms with E-state index in [1.165, 1.54) is 32.2 Å². The van der Waals surface area contributed by atoms with Gasteiger partial charge in [-0.2, -0.15) is 0 Å². The van der Waals surface area contributed by atoms with Crippen molar-refractivity contribution in [1.29, 1.82) is 0 Å². The number of nitrogens with one attached hydrogen (secondary N) is 1. The first-order valence-electron chi connectivity index (χ1n) is 6.48. The standard InChI is InChI=1S/C13H28N2/c1-5-15(4)10-12(2)14-11-13(3)8-6-7-9-13/h12,14H,5-11H2,1-4H3. The average molecular weight is 212 g/mol. The SMILES string of the molecule is CCN(C)CC(C)NCC1(C)CCCC1. The van der Waals surface area contributed by atoms with E-state index in [1.807, 2.05) is 0 Å². The lowest BCUT2D eigenvalue weighted by molar-refractivity contribution is 0.264. The zero-order valence-electron chi connectivity index (χ0n) is 11.0. The van der Waals surface area contributed by atoms with Gasteiger partial charge in [-0.25, -0.2) is 0 Å². The summed E-state index contributed by atoms with van der Waals surface area (Å²) in [6, 6.07) is 0.618. The van der Waals surface area contributed by atoms with E-state index in [0.29, 0.717) is 11.5 Å². The summed E-state index contributed by atoms with van der Waals surface area (Å²) in [6.45, 7) is 10.4. The number of hydrogen-bond acceptors (Lipinski definition) is 2. The van der Waals surface area contributed by atoms with Crippen molar-refractivity contribution in [2.75, 3.05) is 26.7 Å². The third kappa shape index (κ3) is 4.52. The summed E-state index contributed by atoms with van der Waals surface area (Å²) in [5.74, 6) is 0. The quantitative estimate of drug-likeness (QED) is 0.728. The van der Waals surface area contributed by atoms with E-state index in [0.717, 1.165) is 13.1 Å². The summed E-state index contributed by atoms with van der Waals surface area (Å²) < 4.78 is 0. The lowest BCUT2D eigenvalue weighted by Crippen LogP contribution is -2.41. The maximum atomic E-state index is 3.69. The predicted molar refractivity (Wildman–Crippen MR) is 67.2 cm³/mol. The molecule has 1 atom stereocenters. The van der Waals surface area contributed by atoms with Crippen LogP contribution in [0, 0.1) is 5.41 Å². The smallest absolute Gasteiger partial charge is 0.0166 e. The highest BCUT2D eigenvalue weighted by molar-refractivity contribution is 4.83. The van der Waals surface area contributed by atoms with Gasteiger partial charge in [0, 0.05) is 19.1 Å². The number of rotatable bonds is 6. The second-order valence-electron chi connectivity index (χ2n) is 5.65. The second-order valence-corrected chi connectivity index (χ2v) is 5.65. The summed E-state index contributed by atoms with van der Waals surface area (Å²) in [5.41, 5.74) is 0.582. The molecule has 1 aliphatic carbocycles.